The lowest BCUT2D eigenvalue weighted by atomic mass is 9.94. The number of benzene rings is 2. The predicted octanol–water partition coefficient (Wildman–Crippen LogP) is 2.61. The number of phenols is 1. The fourth-order valence-electron chi connectivity index (χ4n) is 2.98. The number of aromatic hydroxyl groups is 1. The smallest absolute Gasteiger partial charge is 0.206 e. The summed E-state index contributed by atoms with van der Waals surface area (Å²) in [6, 6.07) is 11.1. The van der Waals surface area contributed by atoms with E-state index in [-0.39, 0.29) is 15.5 Å². The maximum atomic E-state index is 12.6. The van der Waals surface area contributed by atoms with E-state index in [1.165, 1.54) is 29.8 Å². The van der Waals surface area contributed by atoms with Crippen molar-refractivity contribution in [2.75, 3.05) is 13.1 Å². The van der Waals surface area contributed by atoms with E-state index in [0.29, 0.717) is 5.92 Å². The van der Waals surface area contributed by atoms with Crippen molar-refractivity contribution in [3.63, 3.8) is 0 Å². The number of aryl methyl sites for hydroxylation is 1. The van der Waals surface area contributed by atoms with E-state index in [2.05, 4.69) is 5.32 Å². The summed E-state index contributed by atoms with van der Waals surface area (Å²) in [5.41, 5.74) is 2.20. The monoisotopic (exact) mass is 317 g/mol. The van der Waals surface area contributed by atoms with Crippen LogP contribution in [-0.4, -0.2) is 26.6 Å². The summed E-state index contributed by atoms with van der Waals surface area (Å²) < 4.78 is 25.3. The standard InChI is InChI=1S/C17H19NO3S/c1-12-9-16(5-6-17(12)13-7-8-18-11-13)22(20,21)15-4-2-3-14(19)10-15/h2-6,9-10,13,18-19H,7-8,11H2,1H3. The van der Waals surface area contributed by atoms with Crippen molar-refractivity contribution >= 4 is 9.84 Å². The van der Waals surface area contributed by atoms with Gasteiger partial charge in [-0.15, -0.1) is 0 Å². The molecule has 0 saturated carbocycles. The molecule has 1 fully saturated rings. The molecule has 116 valence electrons. The minimum absolute atomic E-state index is 0.0496. The third-order valence-corrected chi connectivity index (χ3v) is 5.93. The molecular formula is C17H19NO3S. The molecule has 2 aromatic carbocycles. The SMILES string of the molecule is Cc1cc(S(=O)(=O)c2cccc(O)c2)ccc1C1CCNC1. The van der Waals surface area contributed by atoms with E-state index in [4.69, 9.17) is 0 Å². The summed E-state index contributed by atoms with van der Waals surface area (Å²) >= 11 is 0. The van der Waals surface area contributed by atoms with E-state index in [9.17, 15) is 13.5 Å². The van der Waals surface area contributed by atoms with Gasteiger partial charge in [-0.25, -0.2) is 8.42 Å². The van der Waals surface area contributed by atoms with Gasteiger partial charge in [0, 0.05) is 6.54 Å². The highest BCUT2D eigenvalue weighted by Gasteiger charge is 2.22. The topological polar surface area (TPSA) is 66.4 Å². The molecule has 3 rings (SSSR count). The lowest BCUT2D eigenvalue weighted by Gasteiger charge is -2.14. The second-order valence-electron chi connectivity index (χ2n) is 5.71. The first-order valence-corrected chi connectivity index (χ1v) is 8.82. The highest BCUT2D eigenvalue weighted by molar-refractivity contribution is 7.91. The van der Waals surface area contributed by atoms with E-state index >= 15 is 0 Å². The van der Waals surface area contributed by atoms with Gasteiger partial charge in [0.25, 0.3) is 0 Å². The van der Waals surface area contributed by atoms with Crippen molar-refractivity contribution in [1.29, 1.82) is 0 Å². The van der Waals surface area contributed by atoms with Crippen molar-refractivity contribution in [2.45, 2.75) is 29.1 Å². The predicted molar refractivity (Wildman–Crippen MR) is 85.0 cm³/mol. The zero-order chi connectivity index (χ0) is 15.7. The molecule has 0 radical (unpaired) electrons. The zero-order valence-electron chi connectivity index (χ0n) is 12.4. The van der Waals surface area contributed by atoms with Gasteiger partial charge in [-0.05, 0) is 67.3 Å². The molecule has 0 aromatic heterocycles. The summed E-state index contributed by atoms with van der Waals surface area (Å²) in [7, 11) is -3.60. The fourth-order valence-corrected chi connectivity index (χ4v) is 4.37. The van der Waals surface area contributed by atoms with Gasteiger partial charge >= 0.3 is 0 Å². The van der Waals surface area contributed by atoms with Crippen LogP contribution in [0.1, 0.15) is 23.5 Å². The Morgan fingerprint density at radius 1 is 1.14 bits per heavy atom. The summed E-state index contributed by atoms with van der Waals surface area (Å²) in [4.78, 5) is 0.382. The van der Waals surface area contributed by atoms with Crippen LogP contribution in [0.25, 0.3) is 0 Å². The second-order valence-corrected chi connectivity index (χ2v) is 7.66. The molecule has 1 aliphatic heterocycles. The van der Waals surface area contributed by atoms with E-state index in [1.54, 1.807) is 12.1 Å². The average molecular weight is 317 g/mol. The third-order valence-electron chi connectivity index (χ3n) is 4.18. The molecule has 1 unspecified atom stereocenters. The normalized spacial score (nSPS) is 18.5. The van der Waals surface area contributed by atoms with Gasteiger partial charge in [-0.3, -0.25) is 0 Å². The molecular weight excluding hydrogens is 298 g/mol. The molecule has 5 heteroatoms. The first-order valence-electron chi connectivity index (χ1n) is 7.34. The average Bonchev–Trinajstić information content (AvgIpc) is 3.01. The van der Waals surface area contributed by atoms with Gasteiger partial charge in [0.1, 0.15) is 5.75 Å². The van der Waals surface area contributed by atoms with Crippen LogP contribution < -0.4 is 5.32 Å². The van der Waals surface area contributed by atoms with Gasteiger partial charge in [-0.2, -0.15) is 0 Å². The van der Waals surface area contributed by atoms with Crippen molar-refractivity contribution in [2.24, 2.45) is 0 Å². The van der Waals surface area contributed by atoms with Crippen LogP contribution in [0.4, 0.5) is 0 Å². The molecule has 2 aromatic rings. The first kappa shape index (κ1) is 15.1. The highest BCUT2D eigenvalue weighted by Crippen LogP contribution is 2.30. The number of hydrogen-bond acceptors (Lipinski definition) is 4. The van der Waals surface area contributed by atoms with Crippen LogP contribution in [-0.2, 0) is 9.84 Å². The van der Waals surface area contributed by atoms with Gasteiger partial charge in [-0.1, -0.05) is 12.1 Å². The molecule has 22 heavy (non-hydrogen) atoms. The molecule has 0 amide bonds. The minimum Gasteiger partial charge on any atom is -0.508 e. The van der Waals surface area contributed by atoms with Crippen LogP contribution in [0, 0.1) is 6.92 Å². The highest BCUT2D eigenvalue weighted by atomic mass is 32.2. The van der Waals surface area contributed by atoms with Crippen molar-refractivity contribution < 1.29 is 13.5 Å². The quantitative estimate of drug-likeness (QED) is 0.913. The van der Waals surface area contributed by atoms with Crippen LogP contribution in [0.15, 0.2) is 52.3 Å². The lowest BCUT2D eigenvalue weighted by molar-refractivity contribution is 0.473. The summed E-state index contributed by atoms with van der Waals surface area (Å²) in [5.74, 6) is 0.406. The molecule has 0 aliphatic carbocycles. The maximum absolute atomic E-state index is 12.6. The van der Waals surface area contributed by atoms with Crippen molar-refractivity contribution in [1.82, 2.24) is 5.32 Å². The van der Waals surface area contributed by atoms with Crippen LogP contribution in [0.2, 0.25) is 0 Å². The Kier molecular flexibility index (Phi) is 3.93. The number of sulfone groups is 1. The molecule has 4 nitrogen and oxygen atoms in total. The Balaban J connectivity index is 1.99. The molecule has 0 spiro atoms. The number of rotatable bonds is 3. The van der Waals surface area contributed by atoms with Crippen molar-refractivity contribution in [3.05, 3.63) is 53.6 Å². The van der Waals surface area contributed by atoms with E-state index in [1.807, 2.05) is 13.0 Å². The van der Waals surface area contributed by atoms with Gasteiger partial charge < -0.3 is 10.4 Å². The first-order chi connectivity index (χ1) is 10.5. The minimum atomic E-state index is -3.60. The zero-order valence-corrected chi connectivity index (χ0v) is 13.2. The van der Waals surface area contributed by atoms with E-state index < -0.39 is 9.84 Å². The molecule has 0 bridgehead atoms. The lowest BCUT2D eigenvalue weighted by Crippen LogP contribution is -2.09. The van der Waals surface area contributed by atoms with Crippen molar-refractivity contribution in [3.8, 4) is 5.75 Å². The molecule has 1 aliphatic rings. The van der Waals surface area contributed by atoms with E-state index in [0.717, 1.165) is 25.1 Å². The Morgan fingerprint density at radius 2 is 1.91 bits per heavy atom. The van der Waals surface area contributed by atoms with Gasteiger partial charge in [0.2, 0.25) is 9.84 Å². The number of hydrogen-bond donors (Lipinski definition) is 2. The van der Waals surface area contributed by atoms with Crippen LogP contribution in [0.5, 0.6) is 5.75 Å². The largest absolute Gasteiger partial charge is 0.508 e. The summed E-state index contributed by atoms with van der Waals surface area (Å²) in [5, 5.41) is 12.8. The van der Waals surface area contributed by atoms with Gasteiger partial charge in [0.15, 0.2) is 0 Å². The second kappa shape index (κ2) is 5.74. The Hall–Kier alpha value is -1.85. The Bertz CT molecular complexity index is 793. The molecule has 1 heterocycles. The number of nitrogens with one attached hydrogen (secondary N) is 1. The fraction of sp³-hybridized carbons (Fsp3) is 0.294. The summed E-state index contributed by atoms with van der Waals surface area (Å²) in [6.07, 6.45) is 1.08. The molecule has 1 atom stereocenters. The van der Waals surface area contributed by atoms with Gasteiger partial charge in [0.05, 0.1) is 9.79 Å². The summed E-state index contributed by atoms with van der Waals surface area (Å²) in [6.45, 7) is 3.90. The Morgan fingerprint density at radius 3 is 2.55 bits per heavy atom. The Labute approximate surface area is 130 Å². The van der Waals surface area contributed by atoms with Crippen LogP contribution >= 0.6 is 0 Å². The third kappa shape index (κ3) is 2.74. The maximum Gasteiger partial charge on any atom is 0.206 e. The number of phenolic OH excluding ortho intramolecular Hbond substituents is 1. The molecule has 1 saturated heterocycles. The molecule has 2 N–H and O–H groups in total. The van der Waals surface area contributed by atoms with Crippen LogP contribution in [0.3, 0.4) is 0 Å².